The first kappa shape index (κ1) is 19.9. The number of carbonyl (C=O) groups is 2. The van der Waals surface area contributed by atoms with Crippen LogP contribution >= 0.6 is 0 Å². The normalized spacial score (nSPS) is 17.5. The Bertz CT molecular complexity index is 819. The van der Waals surface area contributed by atoms with E-state index in [2.05, 4.69) is 15.4 Å². The maximum absolute atomic E-state index is 12.7. The summed E-state index contributed by atoms with van der Waals surface area (Å²) >= 11 is 0. The fourth-order valence-corrected chi connectivity index (χ4v) is 3.46. The Morgan fingerprint density at radius 2 is 1.96 bits per heavy atom. The topological polar surface area (TPSA) is 104 Å². The molecule has 28 heavy (non-hydrogen) atoms. The molecule has 1 atom stereocenters. The predicted molar refractivity (Wildman–Crippen MR) is 102 cm³/mol. The molecule has 1 saturated heterocycles. The van der Waals surface area contributed by atoms with Gasteiger partial charge in [-0.1, -0.05) is 29.8 Å². The zero-order valence-electron chi connectivity index (χ0n) is 16.3. The van der Waals surface area contributed by atoms with E-state index in [-0.39, 0.29) is 25.0 Å². The van der Waals surface area contributed by atoms with Gasteiger partial charge in [0, 0.05) is 24.7 Å². The highest BCUT2D eigenvalue weighted by molar-refractivity contribution is 5.75. The second kappa shape index (κ2) is 8.92. The molecule has 1 aliphatic heterocycles. The standard InChI is InChI=1S/C19H26N6O3/c1-14-5-7-15(8-6-14)19-20-22-25(21-19)12-17(26)24-10-3-4-16(9-11-24)23(2)13-18(27)28/h5-8,16H,3-4,9-13H2,1-2H3,(H,27,28). The first-order valence-electron chi connectivity index (χ1n) is 9.47. The SMILES string of the molecule is Cc1ccc(-c2nnn(CC(=O)N3CCCC(N(C)CC(=O)O)CC3)n2)cc1. The summed E-state index contributed by atoms with van der Waals surface area (Å²) in [6.07, 6.45) is 2.49. The molecule has 9 heteroatoms. The van der Waals surface area contributed by atoms with Crippen molar-refractivity contribution in [3.05, 3.63) is 29.8 Å². The zero-order chi connectivity index (χ0) is 20.1. The van der Waals surface area contributed by atoms with Gasteiger partial charge in [-0.15, -0.1) is 10.2 Å². The number of aromatic nitrogens is 4. The van der Waals surface area contributed by atoms with Crippen molar-refractivity contribution in [2.75, 3.05) is 26.7 Å². The number of aliphatic carboxylic acids is 1. The van der Waals surface area contributed by atoms with Crippen LogP contribution in [0, 0.1) is 6.92 Å². The largest absolute Gasteiger partial charge is 0.480 e. The van der Waals surface area contributed by atoms with E-state index < -0.39 is 5.97 Å². The highest BCUT2D eigenvalue weighted by Crippen LogP contribution is 2.17. The maximum atomic E-state index is 12.7. The van der Waals surface area contributed by atoms with Gasteiger partial charge in [0.1, 0.15) is 6.54 Å². The number of hydrogen-bond acceptors (Lipinski definition) is 6. The highest BCUT2D eigenvalue weighted by Gasteiger charge is 2.24. The van der Waals surface area contributed by atoms with Gasteiger partial charge < -0.3 is 10.0 Å². The quantitative estimate of drug-likeness (QED) is 0.791. The molecule has 1 unspecified atom stereocenters. The third kappa shape index (κ3) is 5.13. The Labute approximate surface area is 163 Å². The van der Waals surface area contributed by atoms with Crippen molar-refractivity contribution in [2.24, 2.45) is 0 Å². The van der Waals surface area contributed by atoms with Gasteiger partial charge in [-0.3, -0.25) is 14.5 Å². The predicted octanol–water partition coefficient (Wildman–Crippen LogP) is 1.05. The van der Waals surface area contributed by atoms with Crippen molar-refractivity contribution in [2.45, 2.75) is 38.8 Å². The fraction of sp³-hybridized carbons (Fsp3) is 0.526. The number of tetrazole rings is 1. The fourth-order valence-electron chi connectivity index (χ4n) is 3.46. The number of rotatable bonds is 6. The molecule has 0 aliphatic carbocycles. The Morgan fingerprint density at radius 3 is 2.68 bits per heavy atom. The van der Waals surface area contributed by atoms with Crippen molar-refractivity contribution in [3.63, 3.8) is 0 Å². The Morgan fingerprint density at radius 1 is 1.21 bits per heavy atom. The van der Waals surface area contributed by atoms with Crippen LogP contribution in [0.5, 0.6) is 0 Å². The van der Waals surface area contributed by atoms with Crippen LogP contribution in [0.15, 0.2) is 24.3 Å². The van der Waals surface area contributed by atoms with Crippen LogP contribution in [-0.2, 0) is 16.1 Å². The van der Waals surface area contributed by atoms with E-state index in [4.69, 9.17) is 5.11 Å². The molecule has 0 saturated carbocycles. The molecule has 1 aromatic carbocycles. The molecule has 0 bridgehead atoms. The maximum Gasteiger partial charge on any atom is 0.317 e. The van der Waals surface area contributed by atoms with E-state index in [0.29, 0.717) is 18.9 Å². The summed E-state index contributed by atoms with van der Waals surface area (Å²) in [5.74, 6) is -0.380. The molecule has 9 nitrogen and oxygen atoms in total. The van der Waals surface area contributed by atoms with E-state index in [9.17, 15) is 9.59 Å². The van der Waals surface area contributed by atoms with Crippen LogP contribution in [0.3, 0.4) is 0 Å². The van der Waals surface area contributed by atoms with Crippen molar-refractivity contribution in [1.82, 2.24) is 30.0 Å². The van der Waals surface area contributed by atoms with Gasteiger partial charge in [0.25, 0.3) is 0 Å². The van der Waals surface area contributed by atoms with Gasteiger partial charge in [0.2, 0.25) is 11.7 Å². The summed E-state index contributed by atoms with van der Waals surface area (Å²) in [7, 11) is 1.82. The molecule has 1 N–H and O–H groups in total. The third-order valence-electron chi connectivity index (χ3n) is 5.10. The minimum atomic E-state index is -0.832. The number of hydrogen-bond donors (Lipinski definition) is 1. The van der Waals surface area contributed by atoms with Gasteiger partial charge in [0.15, 0.2) is 0 Å². The lowest BCUT2D eigenvalue weighted by Gasteiger charge is -2.25. The molecular formula is C19H26N6O3. The number of likely N-dealkylation sites (N-methyl/N-ethyl adjacent to an activating group) is 1. The van der Waals surface area contributed by atoms with Gasteiger partial charge in [-0.2, -0.15) is 4.80 Å². The molecule has 0 spiro atoms. The first-order valence-corrected chi connectivity index (χ1v) is 9.47. The molecule has 1 amide bonds. The third-order valence-corrected chi connectivity index (χ3v) is 5.10. The Balaban J connectivity index is 1.56. The van der Waals surface area contributed by atoms with E-state index in [0.717, 1.165) is 30.4 Å². The summed E-state index contributed by atoms with van der Waals surface area (Å²) in [5, 5.41) is 21.3. The lowest BCUT2D eigenvalue weighted by atomic mass is 10.1. The number of carbonyl (C=O) groups excluding carboxylic acids is 1. The summed E-state index contributed by atoms with van der Waals surface area (Å²) in [5.41, 5.74) is 2.02. The number of carboxylic acids is 1. The van der Waals surface area contributed by atoms with Crippen molar-refractivity contribution in [3.8, 4) is 11.4 Å². The molecule has 1 aliphatic rings. The number of likely N-dealkylation sites (tertiary alicyclic amines) is 1. The number of nitrogens with zero attached hydrogens (tertiary/aromatic N) is 6. The van der Waals surface area contributed by atoms with Crippen molar-refractivity contribution in [1.29, 1.82) is 0 Å². The van der Waals surface area contributed by atoms with Crippen LogP contribution < -0.4 is 0 Å². The molecule has 150 valence electrons. The van der Waals surface area contributed by atoms with Crippen LogP contribution in [0.2, 0.25) is 0 Å². The molecule has 1 fully saturated rings. The average Bonchev–Trinajstić information content (AvgIpc) is 2.96. The molecule has 3 rings (SSSR count). The summed E-state index contributed by atoms with van der Waals surface area (Å²) in [6.45, 7) is 3.35. The molecule has 2 aromatic rings. The van der Waals surface area contributed by atoms with E-state index in [1.54, 1.807) is 0 Å². The van der Waals surface area contributed by atoms with E-state index >= 15 is 0 Å². The van der Waals surface area contributed by atoms with Gasteiger partial charge in [-0.05, 0) is 38.4 Å². The monoisotopic (exact) mass is 386 g/mol. The van der Waals surface area contributed by atoms with Crippen molar-refractivity contribution < 1.29 is 14.7 Å². The Hall–Kier alpha value is -2.81. The second-order valence-corrected chi connectivity index (χ2v) is 7.28. The lowest BCUT2D eigenvalue weighted by Crippen LogP contribution is -2.38. The average molecular weight is 386 g/mol. The lowest BCUT2D eigenvalue weighted by molar-refractivity contribution is -0.138. The molecule has 2 heterocycles. The van der Waals surface area contributed by atoms with E-state index in [1.165, 1.54) is 4.80 Å². The van der Waals surface area contributed by atoms with Crippen LogP contribution in [-0.4, -0.2) is 79.7 Å². The summed E-state index contributed by atoms with van der Waals surface area (Å²) < 4.78 is 0. The van der Waals surface area contributed by atoms with Crippen molar-refractivity contribution >= 4 is 11.9 Å². The second-order valence-electron chi connectivity index (χ2n) is 7.28. The first-order chi connectivity index (χ1) is 13.4. The van der Waals surface area contributed by atoms with Gasteiger partial charge in [0.05, 0.1) is 6.54 Å². The minimum absolute atomic E-state index is 0.0171. The van der Waals surface area contributed by atoms with Crippen LogP contribution in [0.4, 0.5) is 0 Å². The zero-order valence-corrected chi connectivity index (χ0v) is 16.3. The number of carboxylic acid groups (broad SMARTS) is 1. The van der Waals surface area contributed by atoms with Crippen LogP contribution in [0.25, 0.3) is 11.4 Å². The van der Waals surface area contributed by atoms with Crippen LogP contribution in [0.1, 0.15) is 24.8 Å². The summed E-state index contributed by atoms with van der Waals surface area (Å²) in [4.78, 5) is 28.6. The Kier molecular flexibility index (Phi) is 6.35. The molecule has 1 aromatic heterocycles. The van der Waals surface area contributed by atoms with Gasteiger partial charge >= 0.3 is 5.97 Å². The smallest absolute Gasteiger partial charge is 0.317 e. The number of aryl methyl sites for hydroxylation is 1. The minimum Gasteiger partial charge on any atom is -0.480 e. The molecule has 0 radical (unpaired) electrons. The number of benzene rings is 1. The summed E-state index contributed by atoms with van der Waals surface area (Å²) in [6, 6.07) is 8.00. The highest BCUT2D eigenvalue weighted by atomic mass is 16.4. The number of amides is 1. The van der Waals surface area contributed by atoms with Gasteiger partial charge in [-0.25, -0.2) is 0 Å². The molecular weight excluding hydrogens is 360 g/mol. The van der Waals surface area contributed by atoms with E-state index in [1.807, 2.05) is 48.0 Å².